The van der Waals surface area contributed by atoms with E-state index in [1.165, 1.54) is 4.88 Å². The third-order valence-electron chi connectivity index (χ3n) is 2.69. The Morgan fingerprint density at radius 1 is 1.50 bits per heavy atom. The van der Waals surface area contributed by atoms with Crippen LogP contribution in [0, 0.1) is 5.92 Å². The van der Waals surface area contributed by atoms with Gasteiger partial charge in [-0.1, -0.05) is 26.8 Å². The molecule has 0 fully saturated rings. The third kappa shape index (κ3) is 4.88. The number of sulfonamides is 1. The monoisotopic (exact) mass is 309 g/mol. The van der Waals surface area contributed by atoms with E-state index in [9.17, 15) is 8.42 Å². The van der Waals surface area contributed by atoms with Crippen LogP contribution in [0.25, 0.3) is 0 Å². The summed E-state index contributed by atoms with van der Waals surface area (Å²) in [5.74, 6) is 0.403. The van der Waals surface area contributed by atoms with Gasteiger partial charge in [-0.2, -0.15) is 0 Å². The largest absolute Gasteiger partial charge is 0.214 e. The van der Waals surface area contributed by atoms with Crippen molar-refractivity contribution in [3.8, 4) is 0 Å². The number of rotatable bonds is 7. The maximum Gasteiger partial charge on any atom is 0.211 e. The van der Waals surface area contributed by atoms with E-state index in [4.69, 9.17) is 11.6 Å². The molecule has 0 bridgehead atoms. The fraction of sp³-hybridized carbons (Fsp3) is 0.667. The zero-order valence-electron chi connectivity index (χ0n) is 10.9. The summed E-state index contributed by atoms with van der Waals surface area (Å²) < 4.78 is 26.4. The van der Waals surface area contributed by atoms with Crippen LogP contribution in [0.4, 0.5) is 0 Å². The number of nitrogens with one attached hydrogen (secondary N) is 1. The van der Waals surface area contributed by atoms with Gasteiger partial charge in [0.2, 0.25) is 10.0 Å². The van der Waals surface area contributed by atoms with Crippen molar-refractivity contribution >= 4 is 33.0 Å². The molecule has 6 heteroatoms. The lowest BCUT2D eigenvalue weighted by Gasteiger charge is -2.24. The SMILES string of the molecule is CC(CCl)CS(=O)(=O)NCC(C)(C)c1cccs1. The molecule has 104 valence electrons. The van der Waals surface area contributed by atoms with Crippen LogP contribution in [-0.2, 0) is 15.4 Å². The average molecular weight is 310 g/mol. The van der Waals surface area contributed by atoms with E-state index in [-0.39, 0.29) is 17.1 Å². The van der Waals surface area contributed by atoms with E-state index in [2.05, 4.69) is 4.72 Å². The number of alkyl halides is 1. The highest BCUT2D eigenvalue weighted by Gasteiger charge is 2.24. The second-order valence-corrected chi connectivity index (χ2v) is 8.33. The molecule has 1 aromatic heterocycles. The minimum atomic E-state index is -3.25. The van der Waals surface area contributed by atoms with Gasteiger partial charge >= 0.3 is 0 Å². The van der Waals surface area contributed by atoms with Crippen LogP contribution in [0.3, 0.4) is 0 Å². The smallest absolute Gasteiger partial charge is 0.211 e. The Hall–Kier alpha value is -0.100. The first kappa shape index (κ1) is 16.0. The topological polar surface area (TPSA) is 46.2 Å². The Kier molecular flexibility index (Phi) is 5.65. The minimum Gasteiger partial charge on any atom is -0.214 e. The highest BCUT2D eigenvalue weighted by molar-refractivity contribution is 7.89. The lowest BCUT2D eigenvalue weighted by Crippen LogP contribution is -2.38. The lowest BCUT2D eigenvalue weighted by molar-refractivity contribution is 0.505. The van der Waals surface area contributed by atoms with Crippen molar-refractivity contribution in [1.29, 1.82) is 0 Å². The Balaban J connectivity index is 2.59. The molecule has 1 aromatic rings. The predicted molar refractivity (Wildman–Crippen MR) is 79.0 cm³/mol. The summed E-state index contributed by atoms with van der Waals surface area (Å²) in [5.41, 5.74) is -0.189. The van der Waals surface area contributed by atoms with Crippen LogP contribution in [0.15, 0.2) is 17.5 Å². The van der Waals surface area contributed by atoms with Crippen molar-refractivity contribution in [1.82, 2.24) is 4.72 Å². The molecule has 0 aliphatic rings. The first-order chi connectivity index (χ1) is 8.27. The van der Waals surface area contributed by atoms with E-state index in [1.54, 1.807) is 11.3 Å². The molecule has 18 heavy (non-hydrogen) atoms. The van der Waals surface area contributed by atoms with Gasteiger partial charge in [0.1, 0.15) is 0 Å². The summed E-state index contributed by atoms with van der Waals surface area (Å²) in [6.45, 7) is 6.31. The molecule has 1 atom stereocenters. The molecule has 0 aliphatic heterocycles. The van der Waals surface area contributed by atoms with Crippen LogP contribution < -0.4 is 4.72 Å². The highest BCUT2D eigenvalue weighted by Crippen LogP contribution is 2.26. The maximum absolute atomic E-state index is 11.8. The minimum absolute atomic E-state index is 0.0333. The normalized spacial score (nSPS) is 14.7. The van der Waals surface area contributed by atoms with Gasteiger partial charge in [0.05, 0.1) is 5.75 Å². The van der Waals surface area contributed by atoms with Crippen molar-refractivity contribution in [3.63, 3.8) is 0 Å². The molecule has 3 nitrogen and oxygen atoms in total. The third-order valence-corrected chi connectivity index (χ3v) is 6.04. The first-order valence-electron chi connectivity index (χ1n) is 5.84. The number of hydrogen-bond acceptors (Lipinski definition) is 3. The average Bonchev–Trinajstić information content (AvgIpc) is 2.80. The number of hydrogen-bond donors (Lipinski definition) is 1. The summed E-state index contributed by atoms with van der Waals surface area (Å²) in [7, 11) is -3.25. The fourth-order valence-corrected chi connectivity index (χ4v) is 4.18. The number of halogens is 1. The summed E-state index contributed by atoms with van der Waals surface area (Å²) in [4.78, 5) is 1.18. The van der Waals surface area contributed by atoms with E-state index >= 15 is 0 Å². The Bertz CT molecular complexity index is 454. The number of thiophene rings is 1. The Morgan fingerprint density at radius 2 is 2.17 bits per heavy atom. The Labute approximate surface area is 119 Å². The van der Waals surface area contributed by atoms with E-state index < -0.39 is 10.0 Å². The van der Waals surface area contributed by atoms with Crippen LogP contribution in [-0.4, -0.2) is 26.6 Å². The second-order valence-electron chi connectivity index (χ2n) is 5.22. The van der Waals surface area contributed by atoms with E-state index in [0.29, 0.717) is 12.4 Å². The van der Waals surface area contributed by atoms with Gasteiger partial charge in [-0.3, -0.25) is 0 Å². The molecule has 0 saturated heterocycles. The van der Waals surface area contributed by atoms with Gasteiger partial charge in [-0.25, -0.2) is 13.1 Å². The molecule has 0 amide bonds. The van der Waals surface area contributed by atoms with E-state index in [1.807, 2.05) is 38.3 Å². The molecule has 0 aromatic carbocycles. The Morgan fingerprint density at radius 3 is 2.67 bits per heavy atom. The van der Waals surface area contributed by atoms with Gasteiger partial charge in [-0.15, -0.1) is 22.9 Å². The molecule has 1 N–H and O–H groups in total. The molecule has 0 spiro atoms. The molecule has 1 unspecified atom stereocenters. The van der Waals surface area contributed by atoms with Gasteiger partial charge in [0.25, 0.3) is 0 Å². The summed E-state index contributed by atoms with van der Waals surface area (Å²) >= 11 is 7.28. The predicted octanol–water partition coefficient (Wildman–Crippen LogP) is 2.82. The second kappa shape index (κ2) is 6.37. The molecule has 0 radical (unpaired) electrons. The molecule has 1 rings (SSSR count). The summed E-state index contributed by atoms with van der Waals surface area (Å²) in [5, 5.41) is 2.00. The van der Waals surface area contributed by atoms with Crippen LogP contribution in [0.1, 0.15) is 25.6 Å². The molecular formula is C12H20ClNO2S2. The fourth-order valence-electron chi connectivity index (χ4n) is 1.52. The van der Waals surface area contributed by atoms with Crippen LogP contribution in [0.2, 0.25) is 0 Å². The van der Waals surface area contributed by atoms with Crippen LogP contribution in [0.5, 0.6) is 0 Å². The zero-order chi connectivity index (χ0) is 13.8. The summed E-state index contributed by atoms with van der Waals surface area (Å²) in [6.07, 6.45) is 0. The van der Waals surface area contributed by atoms with Gasteiger partial charge in [-0.05, 0) is 17.4 Å². The van der Waals surface area contributed by atoms with Gasteiger partial charge < -0.3 is 0 Å². The van der Waals surface area contributed by atoms with E-state index in [0.717, 1.165) is 0 Å². The van der Waals surface area contributed by atoms with Crippen molar-refractivity contribution in [2.45, 2.75) is 26.2 Å². The lowest BCUT2D eigenvalue weighted by atomic mass is 9.92. The first-order valence-corrected chi connectivity index (χ1v) is 8.91. The molecular weight excluding hydrogens is 290 g/mol. The van der Waals surface area contributed by atoms with Gasteiger partial charge in [0.15, 0.2) is 0 Å². The van der Waals surface area contributed by atoms with Crippen molar-refractivity contribution < 1.29 is 8.42 Å². The highest BCUT2D eigenvalue weighted by atomic mass is 35.5. The van der Waals surface area contributed by atoms with Crippen molar-refractivity contribution in [3.05, 3.63) is 22.4 Å². The molecule has 0 saturated carbocycles. The quantitative estimate of drug-likeness (QED) is 0.787. The van der Waals surface area contributed by atoms with Crippen molar-refractivity contribution in [2.75, 3.05) is 18.2 Å². The standard InChI is InChI=1S/C12H20ClNO2S2/c1-10(7-13)8-18(15,16)14-9-12(2,3)11-5-4-6-17-11/h4-6,10,14H,7-9H2,1-3H3. The molecule has 1 heterocycles. The summed E-state index contributed by atoms with van der Waals surface area (Å²) in [6, 6.07) is 4.01. The van der Waals surface area contributed by atoms with Gasteiger partial charge in [0, 0.05) is 22.7 Å². The molecule has 0 aliphatic carbocycles. The van der Waals surface area contributed by atoms with Crippen molar-refractivity contribution in [2.24, 2.45) is 5.92 Å². The zero-order valence-corrected chi connectivity index (χ0v) is 13.3. The maximum atomic E-state index is 11.8. The van der Waals surface area contributed by atoms with Crippen LogP contribution >= 0.6 is 22.9 Å².